The van der Waals surface area contributed by atoms with E-state index in [9.17, 15) is 5.11 Å². The average Bonchev–Trinajstić information content (AvgIpc) is 2.88. The van der Waals surface area contributed by atoms with Crippen molar-refractivity contribution >= 4 is 15.9 Å². The van der Waals surface area contributed by atoms with Gasteiger partial charge in [0.25, 0.3) is 0 Å². The Balaban J connectivity index is 1.71. The maximum absolute atomic E-state index is 9.97. The number of rotatable bonds is 6. The van der Waals surface area contributed by atoms with E-state index in [0.717, 1.165) is 23.1 Å². The highest BCUT2D eigenvalue weighted by molar-refractivity contribution is 9.10. The summed E-state index contributed by atoms with van der Waals surface area (Å²) >= 11 is 3.37. The standard InChI is InChI=1S/C13H16BrN3O/c14-12-4-2-11(3-5-12)13(18)10-15-7-9-17-8-1-6-16-17/h1-6,8,13,15,18H,7,9-10H2. The van der Waals surface area contributed by atoms with Crippen molar-refractivity contribution in [2.75, 3.05) is 13.1 Å². The van der Waals surface area contributed by atoms with Crippen LogP contribution in [0.5, 0.6) is 0 Å². The van der Waals surface area contributed by atoms with Gasteiger partial charge in [0.05, 0.1) is 12.6 Å². The highest BCUT2D eigenvalue weighted by Crippen LogP contribution is 2.16. The first-order valence-electron chi connectivity index (χ1n) is 5.87. The fourth-order valence-corrected chi connectivity index (χ4v) is 1.93. The lowest BCUT2D eigenvalue weighted by Crippen LogP contribution is -2.25. The Kier molecular flexibility index (Phi) is 4.92. The second-order valence-corrected chi connectivity index (χ2v) is 4.96. The van der Waals surface area contributed by atoms with Crippen molar-refractivity contribution in [1.29, 1.82) is 0 Å². The van der Waals surface area contributed by atoms with E-state index >= 15 is 0 Å². The van der Waals surface area contributed by atoms with Crippen LogP contribution in [0.4, 0.5) is 0 Å². The highest BCUT2D eigenvalue weighted by atomic mass is 79.9. The number of aliphatic hydroxyl groups is 1. The van der Waals surface area contributed by atoms with Gasteiger partial charge in [-0.1, -0.05) is 28.1 Å². The van der Waals surface area contributed by atoms with Crippen LogP contribution in [0.2, 0.25) is 0 Å². The molecule has 1 aromatic carbocycles. The van der Waals surface area contributed by atoms with E-state index in [-0.39, 0.29) is 0 Å². The minimum absolute atomic E-state index is 0.476. The van der Waals surface area contributed by atoms with Crippen molar-refractivity contribution in [3.8, 4) is 0 Å². The fraction of sp³-hybridized carbons (Fsp3) is 0.308. The zero-order valence-electron chi connectivity index (χ0n) is 9.96. The third-order valence-electron chi connectivity index (χ3n) is 2.67. The number of hydrogen-bond acceptors (Lipinski definition) is 3. The average molecular weight is 310 g/mol. The minimum Gasteiger partial charge on any atom is -0.387 e. The molecule has 0 bridgehead atoms. The van der Waals surface area contributed by atoms with Crippen LogP contribution >= 0.6 is 15.9 Å². The molecule has 5 heteroatoms. The first-order valence-corrected chi connectivity index (χ1v) is 6.66. The van der Waals surface area contributed by atoms with Crippen molar-refractivity contribution in [3.05, 3.63) is 52.8 Å². The lowest BCUT2D eigenvalue weighted by molar-refractivity contribution is 0.174. The molecule has 96 valence electrons. The van der Waals surface area contributed by atoms with Gasteiger partial charge in [-0.25, -0.2) is 0 Å². The molecule has 0 amide bonds. The number of aliphatic hydroxyl groups excluding tert-OH is 1. The third-order valence-corrected chi connectivity index (χ3v) is 3.20. The lowest BCUT2D eigenvalue weighted by Gasteiger charge is -2.12. The number of nitrogens with zero attached hydrogens (tertiary/aromatic N) is 2. The van der Waals surface area contributed by atoms with Crippen LogP contribution in [0.15, 0.2) is 47.2 Å². The quantitative estimate of drug-likeness (QED) is 0.802. The largest absolute Gasteiger partial charge is 0.387 e. The maximum atomic E-state index is 9.97. The van der Waals surface area contributed by atoms with Crippen LogP contribution < -0.4 is 5.32 Å². The van der Waals surface area contributed by atoms with Crippen LogP contribution in [-0.2, 0) is 6.54 Å². The second kappa shape index (κ2) is 6.68. The first-order chi connectivity index (χ1) is 8.75. The van der Waals surface area contributed by atoms with Gasteiger partial charge in [0.2, 0.25) is 0 Å². The van der Waals surface area contributed by atoms with E-state index in [1.807, 2.05) is 41.2 Å². The number of benzene rings is 1. The molecule has 0 saturated heterocycles. The Morgan fingerprint density at radius 1 is 1.33 bits per heavy atom. The molecule has 0 fully saturated rings. The van der Waals surface area contributed by atoms with Crippen LogP contribution in [0.25, 0.3) is 0 Å². The molecule has 4 nitrogen and oxygen atoms in total. The Bertz CT molecular complexity index is 456. The minimum atomic E-state index is -0.476. The maximum Gasteiger partial charge on any atom is 0.0914 e. The molecule has 1 unspecified atom stereocenters. The van der Waals surface area contributed by atoms with Crippen LogP contribution in [0.3, 0.4) is 0 Å². The van der Waals surface area contributed by atoms with E-state index < -0.39 is 6.10 Å². The molecule has 0 radical (unpaired) electrons. The summed E-state index contributed by atoms with van der Waals surface area (Å²) in [5, 5.41) is 17.3. The van der Waals surface area contributed by atoms with E-state index in [0.29, 0.717) is 6.54 Å². The molecule has 1 aromatic heterocycles. The van der Waals surface area contributed by atoms with Crippen molar-refractivity contribution < 1.29 is 5.11 Å². The van der Waals surface area contributed by atoms with Crippen molar-refractivity contribution in [2.24, 2.45) is 0 Å². The first kappa shape index (κ1) is 13.3. The zero-order chi connectivity index (χ0) is 12.8. The molecular weight excluding hydrogens is 294 g/mol. The molecule has 0 saturated carbocycles. The van der Waals surface area contributed by atoms with Crippen molar-refractivity contribution in [3.63, 3.8) is 0 Å². The zero-order valence-corrected chi connectivity index (χ0v) is 11.5. The normalized spacial score (nSPS) is 12.6. The summed E-state index contributed by atoms with van der Waals surface area (Å²) in [6.45, 7) is 2.14. The van der Waals surface area contributed by atoms with E-state index in [4.69, 9.17) is 0 Å². The molecule has 0 aliphatic rings. The third kappa shape index (κ3) is 3.94. The van der Waals surface area contributed by atoms with Gasteiger partial charge in [0, 0.05) is 30.0 Å². The Labute approximate surface area is 115 Å². The molecule has 0 aliphatic heterocycles. The van der Waals surface area contributed by atoms with Gasteiger partial charge in [-0.2, -0.15) is 5.10 Å². The predicted octanol–water partition coefficient (Wildman–Crippen LogP) is 1.97. The molecule has 2 N–H and O–H groups in total. The SMILES string of the molecule is OC(CNCCn1cccn1)c1ccc(Br)cc1. The van der Waals surface area contributed by atoms with E-state index in [2.05, 4.69) is 26.3 Å². The molecule has 18 heavy (non-hydrogen) atoms. The van der Waals surface area contributed by atoms with Crippen molar-refractivity contribution in [1.82, 2.24) is 15.1 Å². The summed E-state index contributed by atoms with van der Waals surface area (Å²) in [4.78, 5) is 0. The molecule has 0 spiro atoms. The number of halogens is 1. The van der Waals surface area contributed by atoms with Crippen molar-refractivity contribution in [2.45, 2.75) is 12.6 Å². The van der Waals surface area contributed by atoms with Gasteiger partial charge < -0.3 is 10.4 Å². The smallest absolute Gasteiger partial charge is 0.0914 e. The topological polar surface area (TPSA) is 50.1 Å². The van der Waals surface area contributed by atoms with Gasteiger partial charge in [-0.05, 0) is 23.8 Å². The van der Waals surface area contributed by atoms with Crippen LogP contribution in [0.1, 0.15) is 11.7 Å². The monoisotopic (exact) mass is 309 g/mol. The summed E-state index contributed by atoms with van der Waals surface area (Å²) in [7, 11) is 0. The molecule has 2 rings (SSSR count). The van der Waals surface area contributed by atoms with E-state index in [1.165, 1.54) is 0 Å². The Morgan fingerprint density at radius 3 is 2.78 bits per heavy atom. The summed E-state index contributed by atoms with van der Waals surface area (Å²) in [5.74, 6) is 0. The second-order valence-electron chi connectivity index (χ2n) is 4.04. The molecule has 1 atom stereocenters. The summed E-state index contributed by atoms with van der Waals surface area (Å²) < 4.78 is 2.88. The van der Waals surface area contributed by atoms with Gasteiger partial charge in [-0.3, -0.25) is 4.68 Å². The molecular formula is C13H16BrN3O. The molecule has 0 aliphatic carbocycles. The molecule has 1 heterocycles. The van der Waals surface area contributed by atoms with Gasteiger partial charge in [-0.15, -0.1) is 0 Å². The molecule has 2 aromatic rings. The fourth-order valence-electron chi connectivity index (χ4n) is 1.67. The summed E-state index contributed by atoms with van der Waals surface area (Å²) in [6, 6.07) is 9.61. The summed E-state index contributed by atoms with van der Waals surface area (Å²) in [6.07, 6.45) is 3.21. The summed E-state index contributed by atoms with van der Waals surface area (Å²) in [5.41, 5.74) is 0.921. The highest BCUT2D eigenvalue weighted by Gasteiger charge is 2.06. The van der Waals surface area contributed by atoms with Gasteiger partial charge >= 0.3 is 0 Å². The Morgan fingerprint density at radius 2 is 2.11 bits per heavy atom. The van der Waals surface area contributed by atoms with Crippen LogP contribution in [0, 0.1) is 0 Å². The van der Waals surface area contributed by atoms with Crippen LogP contribution in [-0.4, -0.2) is 28.0 Å². The number of aromatic nitrogens is 2. The Hall–Kier alpha value is -1.17. The predicted molar refractivity (Wildman–Crippen MR) is 74.2 cm³/mol. The number of nitrogens with one attached hydrogen (secondary N) is 1. The van der Waals surface area contributed by atoms with E-state index in [1.54, 1.807) is 6.20 Å². The lowest BCUT2D eigenvalue weighted by atomic mass is 10.1. The van der Waals surface area contributed by atoms with Gasteiger partial charge in [0.1, 0.15) is 0 Å². The number of hydrogen-bond donors (Lipinski definition) is 2. The van der Waals surface area contributed by atoms with Gasteiger partial charge in [0.15, 0.2) is 0 Å².